The van der Waals surface area contributed by atoms with Gasteiger partial charge in [0, 0.05) is 8.95 Å². The van der Waals surface area contributed by atoms with Gasteiger partial charge in [-0.1, -0.05) is 62.2 Å². The summed E-state index contributed by atoms with van der Waals surface area (Å²) in [4.78, 5) is 11.3. The fourth-order valence-electron chi connectivity index (χ4n) is 2.83. The minimum atomic E-state index is -0.308. The maximum absolute atomic E-state index is 11.3. The van der Waals surface area contributed by atoms with Gasteiger partial charge in [0.1, 0.15) is 0 Å². The van der Waals surface area contributed by atoms with Crippen LogP contribution < -0.4 is 0 Å². The van der Waals surface area contributed by atoms with Gasteiger partial charge in [0.2, 0.25) is 0 Å². The molecule has 1 N–H and O–H groups in total. The van der Waals surface area contributed by atoms with Crippen molar-refractivity contribution >= 4 is 59.4 Å². The van der Waals surface area contributed by atoms with Crippen molar-refractivity contribution in [3.8, 4) is 0 Å². The second-order valence-electron chi connectivity index (χ2n) is 6.18. The average molecular weight is 502 g/mol. The van der Waals surface area contributed by atoms with E-state index in [1.54, 1.807) is 6.07 Å². The molecule has 5 heteroatoms. The number of aliphatic hydroxyl groups excluding tert-OH is 1. The normalized spacial score (nSPS) is 10.4. The zero-order chi connectivity index (χ0) is 20.1. The van der Waals surface area contributed by atoms with Crippen LogP contribution in [0.4, 0.5) is 0 Å². The highest BCUT2D eigenvalue weighted by atomic mass is 79.9. The number of halogens is 2. The van der Waals surface area contributed by atoms with Gasteiger partial charge in [-0.15, -0.1) is 0 Å². The molecule has 0 unspecified atom stereocenters. The van der Waals surface area contributed by atoms with Crippen molar-refractivity contribution in [2.24, 2.45) is 0 Å². The van der Waals surface area contributed by atoms with E-state index in [1.165, 1.54) is 12.5 Å². The molecule has 3 nitrogen and oxygen atoms in total. The summed E-state index contributed by atoms with van der Waals surface area (Å²) < 4.78 is 6.73. The van der Waals surface area contributed by atoms with Gasteiger partial charge < -0.3 is 9.84 Å². The second kappa shape index (κ2) is 9.32. The molecule has 4 aromatic carbocycles. The summed E-state index contributed by atoms with van der Waals surface area (Å²) in [7, 11) is 1.38. The van der Waals surface area contributed by atoms with Crippen LogP contribution in [0.5, 0.6) is 0 Å². The number of carbonyl (C=O) groups excluding carboxylic acids is 1. The molecule has 0 saturated carbocycles. The first-order valence-corrected chi connectivity index (χ1v) is 10.2. The van der Waals surface area contributed by atoms with Gasteiger partial charge in [-0.05, 0) is 69.6 Å². The molecule has 0 radical (unpaired) electrons. The van der Waals surface area contributed by atoms with Gasteiger partial charge in [-0.25, -0.2) is 4.79 Å². The number of hydrogen-bond acceptors (Lipinski definition) is 3. The Balaban J connectivity index is 0.000000162. The molecule has 0 aromatic heterocycles. The maximum atomic E-state index is 11.3. The molecule has 142 valence electrons. The molecule has 0 atom stereocenters. The third-order valence-corrected chi connectivity index (χ3v) is 5.26. The number of benzene rings is 4. The third kappa shape index (κ3) is 4.98. The lowest BCUT2D eigenvalue weighted by Gasteiger charge is -2.02. The van der Waals surface area contributed by atoms with Crippen molar-refractivity contribution in [1.29, 1.82) is 0 Å². The molecule has 0 fully saturated rings. The fraction of sp³-hybridized carbons (Fsp3) is 0.0870. The lowest BCUT2D eigenvalue weighted by molar-refractivity contribution is 0.0601. The topological polar surface area (TPSA) is 46.5 Å². The summed E-state index contributed by atoms with van der Waals surface area (Å²) in [6.07, 6.45) is 0. The van der Waals surface area contributed by atoms with Crippen molar-refractivity contribution in [3.05, 3.63) is 92.9 Å². The molecule has 0 aliphatic rings. The van der Waals surface area contributed by atoms with Gasteiger partial charge in [0.05, 0.1) is 19.3 Å². The van der Waals surface area contributed by atoms with Crippen LogP contribution in [0.1, 0.15) is 15.9 Å². The standard InChI is InChI=1S/C12H9BrO2.C11H9BrO/c1-15-12(14)9-3-2-8-4-5-11(13)7-10(8)6-9;12-11-4-3-9-2-1-8(7-13)5-10(9)6-11/h2-7H,1H3;1-6,13H,7H2. The third-order valence-electron chi connectivity index (χ3n) is 4.27. The Hall–Kier alpha value is -2.21. The number of hydrogen-bond donors (Lipinski definition) is 1. The van der Waals surface area contributed by atoms with E-state index >= 15 is 0 Å². The first kappa shape index (κ1) is 20.5. The Bertz CT molecular complexity index is 1140. The summed E-state index contributed by atoms with van der Waals surface area (Å²) >= 11 is 6.81. The largest absolute Gasteiger partial charge is 0.465 e. The number of ether oxygens (including phenoxy) is 1. The monoisotopic (exact) mass is 500 g/mol. The van der Waals surface area contributed by atoms with E-state index in [0.717, 1.165) is 30.7 Å². The molecule has 4 aromatic rings. The molecule has 0 heterocycles. The molecule has 0 saturated heterocycles. The molecule has 28 heavy (non-hydrogen) atoms. The Labute approximate surface area is 180 Å². The quantitative estimate of drug-likeness (QED) is 0.319. The predicted octanol–water partition coefficient (Wildman–Crippen LogP) is 6.48. The molecular weight excluding hydrogens is 484 g/mol. The highest BCUT2D eigenvalue weighted by Gasteiger charge is 2.05. The van der Waals surface area contributed by atoms with Crippen molar-refractivity contribution in [2.45, 2.75) is 6.61 Å². The highest BCUT2D eigenvalue weighted by Crippen LogP contribution is 2.22. The zero-order valence-electron chi connectivity index (χ0n) is 15.2. The first-order chi connectivity index (χ1) is 13.5. The number of aliphatic hydroxyl groups is 1. The molecule has 0 amide bonds. The molecule has 0 aliphatic carbocycles. The van der Waals surface area contributed by atoms with E-state index < -0.39 is 0 Å². The SMILES string of the molecule is COC(=O)c1ccc2ccc(Br)cc2c1.OCc1ccc2ccc(Br)cc2c1. The Morgan fingerprint density at radius 2 is 1.32 bits per heavy atom. The summed E-state index contributed by atoms with van der Waals surface area (Å²) in [6.45, 7) is 0.0997. The van der Waals surface area contributed by atoms with Crippen LogP contribution in [0.2, 0.25) is 0 Å². The second-order valence-corrected chi connectivity index (χ2v) is 8.01. The first-order valence-electron chi connectivity index (χ1n) is 8.57. The van der Waals surface area contributed by atoms with E-state index in [1.807, 2.05) is 54.6 Å². The molecule has 0 aliphatic heterocycles. The molecule has 0 bridgehead atoms. The number of carbonyl (C=O) groups is 1. The number of methoxy groups -OCH3 is 1. The van der Waals surface area contributed by atoms with E-state index in [4.69, 9.17) is 5.11 Å². The van der Waals surface area contributed by atoms with Gasteiger partial charge >= 0.3 is 5.97 Å². The Kier molecular flexibility index (Phi) is 6.83. The van der Waals surface area contributed by atoms with Crippen LogP contribution in [0.15, 0.2) is 81.7 Å². The van der Waals surface area contributed by atoms with Crippen molar-refractivity contribution in [2.75, 3.05) is 7.11 Å². The van der Waals surface area contributed by atoms with Gasteiger partial charge in [-0.2, -0.15) is 0 Å². The summed E-state index contributed by atoms with van der Waals surface area (Å²) in [5.41, 5.74) is 1.52. The van der Waals surface area contributed by atoms with E-state index in [9.17, 15) is 4.79 Å². The lowest BCUT2D eigenvalue weighted by atomic mass is 10.1. The highest BCUT2D eigenvalue weighted by molar-refractivity contribution is 9.10. The minimum absolute atomic E-state index is 0.0997. The zero-order valence-corrected chi connectivity index (χ0v) is 18.3. The van der Waals surface area contributed by atoms with Gasteiger partial charge in [0.25, 0.3) is 0 Å². The summed E-state index contributed by atoms with van der Waals surface area (Å²) in [5, 5.41) is 13.4. The van der Waals surface area contributed by atoms with Gasteiger partial charge in [-0.3, -0.25) is 0 Å². The summed E-state index contributed by atoms with van der Waals surface area (Å²) in [5.74, 6) is -0.308. The van der Waals surface area contributed by atoms with Crippen LogP contribution in [-0.2, 0) is 11.3 Å². The van der Waals surface area contributed by atoms with Crippen molar-refractivity contribution in [1.82, 2.24) is 0 Å². The van der Waals surface area contributed by atoms with E-state index in [0.29, 0.717) is 5.56 Å². The predicted molar refractivity (Wildman–Crippen MR) is 121 cm³/mol. The molecule has 0 spiro atoms. The Morgan fingerprint density at radius 1 is 0.786 bits per heavy atom. The van der Waals surface area contributed by atoms with Crippen molar-refractivity contribution in [3.63, 3.8) is 0 Å². The average Bonchev–Trinajstić information content (AvgIpc) is 2.72. The fourth-order valence-corrected chi connectivity index (χ4v) is 3.59. The Morgan fingerprint density at radius 3 is 1.89 bits per heavy atom. The van der Waals surface area contributed by atoms with Gasteiger partial charge in [0.15, 0.2) is 0 Å². The smallest absolute Gasteiger partial charge is 0.337 e. The van der Waals surface area contributed by atoms with E-state index in [-0.39, 0.29) is 12.6 Å². The van der Waals surface area contributed by atoms with Crippen LogP contribution in [-0.4, -0.2) is 18.2 Å². The van der Waals surface area contributed by atoms with Crippen molar-refractivity contribution < 1.29 is 14.6 Å². The van der Waals surface area contributed by atoms with Crippen LogP contribution in [0.25, 0.3) is 21.5 Å². The number of esters is 1. The molecule has 4 rings (SSSR count). The molecular formula is C23H18Br2O3. The number of fused-ring (bicyclic) bond motifs is 2. The van der Waals surface area contributed by atoms with Crippen LogP contribution in [0, 0.1) is 0 Å². The van der Waals surface area contributed by atoms with Crippen LogP contribution in [0.3, 0.4) is 0 Å². The van der Waals surface area contributed by atoms with E-state index in [2.05, 4.69) is 48.7 Å². The van der Waals surface area contributed by atoms with Crippen LogP contribution >= 0.6 is 31.9 Å². The summed E-state index contributed by atoms with van der Waals surface area (Å²) in [6, 6.07) is 23.5. The maximum Gasteiger partial charge on any atom is 0.337 e. The lowest BCUT2D eigenvalue weighted by Crippen LogP contribution is -2.00. The number of rotatable bonds is 2. The minimum Gasteiger partial charge on any atom is -0.465 e.